The van der Waals surface area contributed by atoms with Crippen molar-refractivity contribution < 1.29 is 9.90 Å². The van der Waals surface area contributed by atoms with E-state index in [-0.39, 0.29) is 0 Å². The van der Waals surface area contributed by atoms with Gasteiger partial charge in [-0.2, -0.15) is 0 Å². The number of rotatable bonds is 2. The van der Waals surface area contributed by atoms with Gasteiger partial charge in [0, 0.05) is 6.08 Å². The van der Waals surface area contributed by atoms with Crippen molar-refractivity contribution in [3.8, 4) is 0 Å². The van der Waals surface area contributed by atoms with Gasteiger partial charge in [-0.05, 0) is 41.0 Å². The molecule has 1 aromatic carbocycles. The number of benzene rings is 1. The molecule has 1 aromatic rings. The molecule has 1 N–H and O–H groups in total. The Kier molecular flexibility index (Phi) is 2.68. The van der Waals surface area contributed by atoms with E-state index >= 15 is 0 Å². The van der Waals surface area contributed by atoms with E-state index in [1.54, 1.807) is 6.08 Å². The van der Waals surface area contributed by atoms with Crippen LogP contribution in [0.3, 0.4) is 0 Å². The molecule has 1 aliphatic carbocycles. The molecule has 0 aliphatic heterocycles. The van der Waals surface area contributed by atoms with Crippen LogP contribution in [0.25, 0.3) is 18.2 Å². The van der Waals surface area contributed by atoms with Crippen molar-refractivity contribution in [2.75, 3.05) is 0 Å². The molecule has 15 heavy (non-hydrogen) atoms. The van der Waals surface area contributed by atoms with E-state index in [1.165, 1.54) is 10.4 Å². The monoisotopic (exact) mass is 200 g/mol. The van der Waals surface area contributed by atoms with Crippen LogP contribution in [0, 0.1) is 0 Å². The topological polar surface area (TPSA) is 37.3 Å². The average Bonchev–Trinajstić information content (AvgIpc) is 2.26. The van der Waals surface area contributed by atoms with E-state index in [0.717, 1.165) is 24.5 Å². The fourth-order valence-corrected chi connectivity index (χ4v) is 1.70. The Labute approximate surface area is 87.9 Å². The van der Waals surface area contributed by atoms with Crippen molar-refractivity contribution in [1.29, 1.82) is 0 Å². The van der Waals surface area contributed by atoms with Crippen molar-refractivity contribution in [1.82, 2.24) is 0 Å². The van der Waals surface area contributed by atoms with Gasteiger partial charge in [-0.1, -0.05) is 24.3 Å². The van der Waals surface area contributed by atoms with E-state index in [4.69, 9.17) is 5.11 Å². The summed E-state index contributed by atoms with van der Waals surface area (Å²) in [7, 11) is 0. The molecule has 0 unspecified atom stereocenters. The highest BCUT2D eigenvalue weighted by molar-refractivity contribution is 5.85. The maximum atomic E-state index is 10.4. The second kappa shape index (κ2) is 4.13. The van der Waals surface area contributed by atoms with Gasteiger partial charge in [-0.15, -0.1) is 0 Å². The van der Waals surface area contributed by atoms with E-state index in [2.05, 4.69) is 12.2 Å². The summed E-state index contributed by atoms with van der Waals surface area (Å²) in [6.45, 7) is 0. The Hall–Kier alpha value is -1.83. The Morgan fingerprint density at radius 3 is 2.67 bits per heavy atom. The standard InChI is InChI=1S/C13H12O2/c14-13(15)8-6-10-5-7-11-3-1-2-4-12(11)9-10/h3-9H,1-2H2,(H,14,15)/b8-6+. The lowest BCUT2D eigenvalue weighted by Crippen LogP contribution is -2.26. The fraction of sp³-hybridized carbons (Fsp3) is 0.154. The molecule has 0 saturated carbocycles. The molecule has 0 saturated heterocycles. The van der Waals surface area contributed by atoms with Crippen LogP contribution < -0.4 is 10.4 Å². The molecule has 2 rings (SSSR count). The summed E-state index contributed by atoms with van der Waals surface area (Å²) in [5.41, 5.74) is 0.933. The Balaban J connectivity index is 2.42. The predicted molar refractivity (Wildman–Crippen MR) is 60.5 cm³/mol. The summed E-state index contributed by atoms with van der Waals surface area (Å²) >= 11 is 0. The van der Waals surface area contributed by atoms with Crippen molar-refractivity contribution in [2.24, 2.45) is 0 Å². The normalized spacial score (nSPS) is 14.1. The zero-order valence-corrected chi connectivity index (χ0v) is 8.31. The number of aliphatic carboxylic acids is 1. The minimum Gasteiger partial charge on any atom is -0.478 e. The predicted octanol–water partition coefficient (Wildman–Crippen LogP) is 1.14. The van der Waals surface area contributed by atoms with E-state index in [9.17, 15) is 4.79 Å². The molecule has 0 atom stereocenters. The molecule has 2 nitrogen and oxygen atoms in total. The first kappa shape index (κ1) is 9.71. The zero-order valence-electron chi connectivity index (χ0n) is 8.31. The first-order valence-corrected chi connectivity index (χ1v) is 4.97. The van der Waals surface area contributed by atoms with Gasteiger partial charge in [0.15, 0.2) is 0 Å². The average molecular weight is 200 g/mol. The van der Waals surface area contributed by atoms with Gasteiger partial charge in [0.2, 0.25) is 0 Å². The first-order valence-electron chi connectivity index (χ1n) is 4.97. The second-order valence-corrected chi connectivity index (χ2v) is 3.55. The van der Waals surface area contributed by atoms with Gasteiger partial charge in [-0.3, -0.25) is 0 Å². The van der Waals surface area contributed by atoms with Crippen molar-refractivity contribution in [3.63, 3.8) is 0 Å². The maximum Gasteiger partial charge on any atom is 0.328 e. The molecule has 0 spiro atoms. The maximum absolute atomic E-state index is 10.4. The fourth-order valence-electron chi connectivity index (χ4n) is 1.70. The van der Waals surface area contributed by atoms with Crippen LogP contribution in [0.4, 0.5) is 0 Å². The molecule has 2 heteroatoms. The third-order valence-corrected chi connectivity index (χ3v) is 2.42. The SMILES string of the molecule is O=C(O)/C=C/c1ccc2c(c1)=CCCC=2. The van der Waals surface area contributed by atoms with Crippen LogP contribution in [0.2, 0.25) is 0 Å². The number of fused-ring (bicyclic) bond motifs is 1. The number of hydrogen-bond donors (Lipinski definition) is 1. The molecule has 76 valence electrons. The van der Waals surface area contributed by atoms with E-state index in [1.807, 2.05) is 18.2 Å². The summed E-state index contributed by atoms with van der Waals surface area (Å²) in [4.78, 5) is 10.4. The Morgan fingerprint density at radius 2 is 1.93 bits per heavy atom. The smallest absolute Gasteiger partial charge is 0.328 e. The summed E-state index contributed by atoms with van der Waals surface area (Å²) in [5.74, 6) is -0.914. The molecular weight excluding hydrogens is 188 g/mol. The molecule has 0 heterocycles. The molecule has 0 amide bonds. The Bertz CT molecular complexity index is 524. The Morgan fingerprint density at radius 1 is 1.20 bits per heavy atom. The number of carbonyl (C=O) groups is 1. The van der Waals surface area contributed by atoms with Crippen LogP contribution in [-0.2, 0) is 4.79 Å². The van der Waals surface area contributed by atoms with Gasteiger partial charge in [-0.25, -0.2) is 4.79 Å². The molecule has 1 aliphatic rings. The van der Waals surface area contributed by atoms with Crippen LogP contribution in [0.5, 0.6) is 0 Å². The van der Waals surface area contributed by atoms with Crippen LogP contribution in [0.15, 0.2) is 24.3 Å². The molecular formula is C13H12O2. The largest absolute Gasteiger partial charge is 0.478 e. The zero-order chi connectivity index (χ0) is 10.7. The number of carboxylic acids is 1. The quantitative estimate of drug-likeness (QED) is 0.727. The second-order valence-electron chi connectivity index (χ2n) is 3.55. The third kappa shape index (κ3) is 2.34. The van der Waals surface area contributed by atoms with Gasteiger partial charge >= 0.3 is 5.97 Å². The lowest BCUT2D eigenvalue weighted by Gasteiger charge is -2.00. The molecule has 0 aromatic heterocycles. The summed E-state index contributed by atoms with van der Waals surface area (Å²) in [6.07, 6.45) is 9.34. The molecule has 0 radical (unpaired) electrons. The third-order valence-electron chi connectivity index (χ3n) is 2.42. The number of carboxylic acid groups (broad SMARTS) is 1. The summed E-state index contributed by atoms with van der Waals surface area (Å²) in [6, 6.07) is 5.99. The van der Waals surface area contributed by atoms with Crippen molar-refractivity contribution >= 4 is 24.2 Å². The highest BCUT2D eigenvalue weighted by Gasteiger charge is 1.94. The van der Waals surface area contributed by atoms with Crippen molar-refractivity contribution in [3.05, 3.63) is 40.3 Å². The lowest BCUT2D eigenvalue weighted by molar-refractivity contribution is -0.131. The molecule has 0 fully saturated rings. The minimum absolute atomic E-state index is 0.914. The molecule has 0 bridgehead atoms. The van der Waals surface area contributed by atoms with Gasteiger partial charge in [0.05, 0.1) is 0 Å². The van der Waals surface area contributed by atoms with Gasteiger partial charge in [0.1, 0.15) is 0 Å². The van der Waals surface area contributed by atoms with Crippen molar-refractivity contribution in [2.45, 2.75) is 12.8 Å². The van der Waals surface area contributed by atoms with E-state index in [0.29, 0.717) is 0 Å². The highest BCUT2D eigenvalue weighted by atomic mass is 16.4. The number of hydrogen-bond acceptors (Lipinski definition) is 1. The van der Waals surface area contributed by atoms with Crippen LogP contribution >= 0.6 is 0 Å². The minimum atomic E-state index is -0.914. The van der Waals surface area contributed by atoms with Gasteiger partial charge < -0.3 is 5.11 Å². The summed E-state index contributed by atoms with van der Waals surface area (Å²) in [5, 5.41) is 11.0. The highest BCUT2D eigenvalue weighted by Crippen LogP contribution is 1.99. The van der Waals surface area contributed by atoms with Gasteiger partial charge in [0.25, 0.3) is 0 Å². The van der Waals surface area contributed by atoms with Crippen LogP contribution in [-0.4, -0.2) is 11.1 Å². The van der Waals surface area contributed by atoms with Crippen LogP contribution in [0.1, 0.15) is 18.4 Å². The van der Waals surface area contributed by atoms with E-state index < -0.39 is 5.97 Å². The lowest BCUT2D eigenvalue weighted by atomic mass is 10.1. The first-order chi connectivity index (χ1) is 7.25. The summed E-state index contributed by atoms with van der Waals surface area (Å²) < 4.78 is 0.